The van der Waals surface area contributed by atoms with Crippen LogP contribution in [0.3, 0.4) is 0 Å². The quantitative estimate of drug-likeness (QED) is 0.826. The first-order valence-corrected chi connectivity index (χ1v) is 6.95. The van der Waals surface area contributed by atoms with Crippen molar-refractivity contribution in [1.29, 1.82) is 0 Å². The minimum absolute atomic E-state index is 0.365. The lowest BCUT2D eigenvalue weighted by atomic mass is 10.1. The molecule has 2 N–H and O–H groups in total. The molecule has 0 saturated heterocycles. The Morgan fingerprint density at radius 3 is 2.57 bits per heavy atom. The summed E-state index contributed by atoms with van der Waals surface area (Å²) in [5, 5.41) is 6.41. The highest BCUT2D eigenvalue weighted by Gasteiger charge is 2.12. The summed E-state index contributed by atoms with van der Waals surface area (Å²) in [6.07, 6.45) is 0. The molecule has 2 rings (SSSR count). The molecule has 0 aliphatic rings. The molecule has 0 fully saturated rings. The molecule has 0 heterocycles. The first-order valence-electron chi connectivity index (χ1n) is 6.55. The van der Waals surface area contributed by atoms with E-state index in [-0.39, 0.29) is 6.04 Å². The van der Waals surface area contributed by atoms with Gasteiger partial charge in [-0.3, -0.25) is 0 Å². The zero-order chi connectivity index (χ0) is 15.4. The Kier molecular flexibility index (Phi) is 4.85. The molecule has 0 aliphatic heterocycles. The molecule has 0 aromatic heterocycles. The lowest BCUT2D eigenvalue weighted by Gasteiger charge is -2.18. The summed E-state index contributed by atoms with van der Waals surface area (Å²) in [4.78, 5) is 0. The molecule has 2 nitrogen and oxygen atoms in total. The lowest BCUT2D eigenvalue weighted by Crippen LogP contribution is -2.31. The second-order valence-corrected chi connectivity index (χ2v) is 5.26. The Balaban J connectivity index is 2.02. The van der Waals surface area contributed by atoms with Gasteiger partial charge in [-0.2, -0.15) is 0 Å². The summed E-state index contributed by atoms with van der Waals surface area (Å²) >= 11 is 5.21. The summed E-state index contributed by atoms with van der Waals surface area (Å²) in [6, 6.07) is 10.9. The SMILES string of the molecule is Cc1cccc(NC(=S)N[C@H](C)c2ccc(F)cc2F)c1. The van der Waals surface area contributed by atoms with Gasteiger partial charge in [-0.25, -0.2) is 8.78 Å². The predicted octanol–water partition coefficient (Wildman–Crippen LogP) is 4.32. The van der Waals surface area contributed by atoms with Crippen molar-refractivity contribution >= 4 is 23.0 Å². The highest BCUT2D eigenvalue weighted by molar-refractivity contribution is 7.80. The van der Waals surface area contributed by atoms with Crippen LogP contribution in [0.15, 0.2) is 42.5 Å². The van der Waals surface area contributed by atoms with Gasteiger partial charge in [0.2, 0.25) is 0 Å². The third kappa shape index (κ3) is 4.23. The van der Waals surface area contributed by atoms with E-state index < -0.39 is 11.6 Å². The monoisotopic (exact) mass is 306 g/mol. The topological polar surface area (TPSA) is 24.1 Å². The standard InChI is InChI=1S/C16H16F2N2S/c1-10-4-3-5-13(8-10)20-16(21)19-11(2)14-7-6-12(17)9-15(14)18/h3-9,11H,1-2H3,(H2,19,20,21)/t11-/m1/s1. The maximum atomic E-state index is 13.7. The molecule has 2 aromatic carbocycles. The average Bonchev–Trinajstić information content (AvgIpc) is 2.38. The fourth-order valence-electron chi connectivity index (χ4n) is 2.02. The van der Waals surface area contributed by atoms with Crippen LogP contribution in [0.5, 0.6) is 0 Å². The van der Waals surface area contributed by atoms with Crippen LogP contribution in [0.1, 0.15) is 24.1 Å². The Labute approximate surface area is 128 Å². The van der Waals surface area contributed by atoms with Crippen LogP contribution in [-0.2, 0) is 0 Å². The number of halogens is 2. The van der Waals surface area contributed by atoms with Gasteiger partial charge in [0.05, 0.1) is 6.04 Å². The molecule has 0 bridgehead atoms. The zero-order valence-corrected chi connectivity index (χ0v) is 12.6. The number of anilines is 1. The van der Waals surface area contributed by atoms with Crippen molar-refractivity contribution in [2.45, 2.75) is 19.9 Å². The summed E-state index contributed by atoms with van der Waals surface area (Å²) in [6.45, 7) is 3.75. The van der Waals surface area contributed by atoms with Crippen molar-refractivity contribution in [2.24, 2.45) is 0 Å². The van der Waals surface area contributed by atoms with Crippen molar-refractivity contribution < 1.29 is 8.78 Å². The lowest BCUT2D eigenvalue weighted by molar-refractivity contribution is 0.554. The summed E-state index contributed by atoms with van der Waals surface area (Å²) < 4.78 is 26.6. The largest absolute Gasteiger partial charge is 0.356 e. The van der Waals surface area contributed by atoms with E-state index in [1.807, 2.05) is 31.2 Å². The zero-order valence-electron chi connectivity index (χ0n) is 11.8. The maximum absolute atomic E-state index is 13.7. The van der Waals surface area contributed by atoms with Crippen molar-refractivity contribution in [1.82, 2.24) is 5.32 Å². The second kappa shape index (κ2) is 6.63. The Morgan fingerprint density at radius 1 is 1.14 bits per heavy atom. The Hall–Kier alpha value is -2.01. The Bertz CT molecular complexity index is 658. The van der Waals surface area contributed by atoms with E-state index in [0.29, 0.717) is 10.7 Å². The van der Waals surface area contributed by atoms with Gasteiger partial charge in [0.15, 0.2) is 5.11 Å². The van der Waals surface area contributed by atoms with Crippen LogP contribution in [0.2, 0.25) is 0 Å². The molecular weight excluding hydrogens is 290 g/mol. The van der Waals surface area contributed by atoms with Crippen molar-refractivity contribution in [3.05, 3.63) is 65.2 Å². The highest BCUT2D eigenvalue weighted by Crippen LogP contribution is 2.18. The number of aryl methyl sites for hydroxylation is 1. The molecule has 0 radical (unpaired) electrons. The van der Waals surface area contributed by atoms with Crippen molar-refractivity contribution in [3.8, 4) is 0 Å². The fourth-order valence-corrected chi connectivity index (χ4v) is 2.31. The highest BCUT2D eigenvalue weighted by atomic mass is 32.1. The molecule has 0 spiro atoms. The molecule has 0 saturated carbocycles. The number of thiocarbonyl (C=S) groups is 1. The molecule has 21 heavy (non-hydrogen) atoms. The third-order valence-electron chi connectivity index (χ3n) is 3.05. The van der Waals surface area contributed by atoms with E-state index in [2.05, 4.69) is 10.6 Å². The molecular formula is C16H16F2N2S. The van der Waals surface area contributed by atoms with E-state index in [9.17, 15) is 8.78 Å². The van der Waals surface area contributed by atoms with Crippen molar-refractivity contribution in [2.75, 3.05) is 5.32 Å². The smallest absolute Gasteiger partial charge is 0.171 e. The van der Waals surface area contributed by atoms with Gasteiger partial charge in [-0.1, -0.05) is 18.2 Å². The minimum Gasteiger partial charge on any atom is -0.356 e. The van der Waals surface area contributed by atoms with Gasteiger partial charge >= 0.3 is 0 Å². The fraction of sp³-hybridized carbons (Fsp3) is 0.188. The van der Waals surface area contributed by atoms with Gasteiger partial charge in [0.25, 0.3) is 0 Å². The maximum Gasteiger partial charge on any atom is 0.171 e. The van der Waals surface area contributed by atoms with E-state index in [4.69, 9.17) is 12.2 Å². The molecule has 0 amide bonds. The van der Waals surface area contributed by atoms with Crippen LogP contribution < -0.4 is 10.6 Å². The minimum atomic E-state index is -0.594. The molecule has 1 atom stereocenters. The van der Waals surface area contributed by atoms with Crippen LogP contribution in [-0.4, -0.2) is 5.11 Å². The summed E-state index contributed by atoms with van der Waals surface area (Å²) in [5.41, 5.74) is 2.34. The first-order chi connectivity index (χ1) is 9.95. The van der Waals surface area contributed by atoms with Gasteiger partial charge in [-0.05, 0) is 49.8 Å². The molecule has 110 valence electrons. The van der Waals surface area contributed by atoms with Crippen LogP contribution in [0, 0.1) is 18.6 Å². The Morgan fingerprint density at radius 2 is 1.90 bits per heavy atom. The normalized spacial score (nSPS) is 11.8. The first kappa shape index (κ1) is 15.4. The molecule has 5 heteroatoms. The molecule has 2 aromatic rings. The summed E-state index contributed by atoms with van der Waals surface area (Å²) in [7, 11) is 0. The number of hydrogen-bond donors (Lipinski definition) is 2. The number of rotatable bonds is 3. The number of nitrogens with one attached hydrogen (secondary N) is 2. The van der Waals surface area contributed by atoms with E-state index in [1.54, 1.807) is 6.92 Å². The van der Waals surface area contributed by atoms with E-state index >= 15 is 0 Å². The van der Waals surface area contributed by atoms with Gasteiger partial charge < -0.3 is 10.6 Å². The summed E-state index contributed by atoms with van der Waals surface area (Å²) in [5.74, 6) is -1.18. The van der Waals surface area contributed by atoms with Crippen LogP contribution in [0.25, 0.3) is 0 Å². The second-order valence-electron chi connectivity index (χ2n) is 4.86. The average molecular weight is 306 g/mol. The van der Waals surface area contributed by atoms with Crippen LogP contribution in [0.4, 0.5) is 14.5 Å². The van der Waals surface area contributed by atoms with E-state index in [1.165, 1.54) is 12.1 Å². The van der Waals surface area contributed by atoms with Crippen LogP contribution >= 0.6 is 12.2 Å². The molecule has 0 aliphatic carbocycles. The number of benzene rings is 2. The van der Waals surface area contributed by atoms with Gasteiger partial charge in [-0.15, -0.1) is 0 Å². The van der Waals surface area contributed by atoms with Crippen molar-refractivity contribution in [3.63, 3.8) is 0 Å². The van der Waals surface area contributed by atoms with Gasteiger partial charge in [0.1, 0.15) is 11.6 Å². The predicted molar refractivity (Wildman–Crippen MR) is 85.3 cm³/mol. The molecule has 0 unspecified atom stereocenters. The van der Waals surface area contributed by atoms with E-state index in [0.717, 1.165) is 17.3 Å². The third-order valence-corrected chi connectivity index (χ3v) is 3.27. The van der Waals surface area contributed by atoms with Gasteiger partial charge in [0, 0.05) is 17.3 Å². The number of hydrogen-bond acceptors (Lipinski definition) is 1.